The molecule has 1 atom stereocenters. The van der Waals surface area contributed by atoms with Crippen molar-refractivity contribution in [3.05, 3.63) is 65.5 Å². The molecule has 3 aromatic rings. The Balaban J connectivity index is 2.07. The molecule has 1 heterocycles. The molecule has 0 saturated carbocycles. The first-order valence-electron chi connectivity index (χ1n) is 5.90. The molecule has 18 heavy (non-hydrogen) atoms. The molecule has 0 amide bonds. The minimum absolute atomic E-state index is 0.238. The summed E-state index contributed by atoms with van der Waals surface area (Å²) in [5.74, 6) is 0.798. The van der Waals surface area contributed by atoms with Crippen LogP contribution in [0.25, 0.3) is 11.0 Å². The summed E-state index contributed by atoms with van der Waals surface area (Å²) in [4.78, 5) is 7.89. The number of aryl methyl sites for hydroxylation is 1. The molecule has 2 aromatic carbocycles. The van der Waals surface area contributed by atoms with Gasteiger partial charge in [0.15, 0.2) is 0 Å². The summed E-state index contributed by atoms with van der Waals surface area (Å²) in [7, 11) is 0. The van der Waals surface area contributed by atoms with Gasteiger partial charge >= 0.3 is 0 Å². The Hall–Kier alpha value is -1.80. The van der Waals surface area contributed by atoms with Crippen LogP contribution in [0.1, 0.15) is 22.3 Å². The van der Waals surface area contributed by atoms with E-state index in [1.165, 1.54) is 0 Å². The van der Waals surface area contributed by atoms with E-state index in [-0.39, 0.29) is 5.38 Å². The van der Waals surface area contributed by atoms with Gasteiger partial charge in [-0.15, -0.1) is 11.6 Å². The fourth-order valence-electron chi connectivity index (χ4n) is 2.09. The van der Waals surface area contributed by atoms with Crippen LogP contribution in [-0.2, 0) is 0 Å². The zero-order valence-corrected chi connectivity index (χ0v) is 10.8. The second-order valence-corrected chi connectivity index (χ2v) is 4.80. The highest BCUT2D eigenvalue weighted by molar-refractivity contribution is 6.22. The summed E-state index contributed by atoms with van der Waals surface area (Å²) >= 11 is 6.46. The van der Waals surface area contributed by atoms with Gasteiger partial charge in [0.25, 0.3) is 0 Å². The third kappa shape index (κ3) is 1.89. The van der Waals surface area contributed by atoms with Crippen LogP contribution in [0, 0.1) is 6.92 Å². The van der Waals surface area contributed by atoms with E-state index in [4.69, 9.17) is 11.6 Å². The van der Waals surface area contributed by atoms with Crippen molar-refractivity contribution in [2.75, 3.05) is 0 Å². The number of aromatic amines is 1. The van der Waals surface area contributed by atoms with Crippen LogP contribution in [0.15, 0.2) is 48.5 Å². The summed E-state index contributed by atoms with van der Waals surface area (Å²) in [5, 5.41) is -0.238. The first-order chi connectivity index (χ1) is 8.75. The lowest BCUT2D eigenvalue weighted by Gasteiger charge is -2.05. The van der Waals surface area contributed by atoms with Gasteiger partial charge in [0.05, 0.1) is 11.0 Å². The summed E-state index contributed by atoms with van der Waals surface area (Å²) < 4.78 is 0. The van der Waals surface area contributed by atoms with Crippen molar-refractivity contribution >= 4 is 22.6 Å². The van der Waals surface area contributed by atoms with E-state index >= 15 is 0 Å². The number of nitrogens with zero attached hydrogens (tertiary/aromatic N) is 1. The molecular formula is C15H13ClN2. The van der Waals surface area contributed by atoms with Gasteiger partial charge in [-0.3, -0.25) is 0 Å². The summed E-state index contributed by atoms with van der Waals surface area (Å²) in [6, 6.07) is 16.1. The van der Waals surface area contributed by atoms with Crippen LogP contribution in [-0.4, -0.2) is 9.97 Å². The molecule has 1 N–H and O–H groups in total. The lowest BCUT2D eigenvalue weighted by molar-refractivity contribution is 1.00. The fourth-order valence-corrected chi connectivity index (χ4v) is 2.34. The minimum atomic E-state index is -0.238. The molecule has 90 valence electrons. The minimum Gasteiger partial charge on any atom is -0.340 e. The van der Waals surface area contributed by atoms with E-state index in [2.05, 4.69) is 23.0 Å². The highest BCUT2D eigenvalue weighted by atomic mass is 35.5. The Kier molecular flexibility index (Phi) is 2.80. The third-order valence-electron chi connectivity index (χ3n) is 3.07. The van der Waals surface area contributed by atoms with Crippen molar-refractivity contribution in [3.63, 3.8) is 0 Å². The van der Waals surface area contributed by atoms with E-state index in [1.807, 2.05) is 42.5 Å². The van der Waals surface area contributed by atoms with Gasteiger partial charge in [-0.2, -0.15) is 0 Å². The zero-order chi connectivity index (χ0) is 12.5. The number of fused-ring (bicyclic) bond motifs is 1. The van der Waals surface area contributed by atoms with Crippen LogP contribution in [0.4, 0.5) is 0 Å². The lowest BCUT2D eigenvalue weighted by atomic mass is 10.1. The third-order valence-corrected chi connectivity index (χ3v) is 3.52. The number of rotatable bonds is 2. The maximum absolute atomic E-state index is 6.46. The van der Waals surface area contributed by atoms with Gasteiger partial charge in [0, 0.05) is 0 Å². The second-order valence-electron chi connectivity index (χ2n) is 4.37. The highest BCUT2D eigenvalue weighted by Gasteiger charge is 2.15. The molecule has 0 spiro atoms. The molecule has 0 aliphatic heterocycles. The average molecular weight is 257 g/mol. The molecule has 1 aromatic heterocycles. The Morgan fingerprint density at radius 3 is 2.56 bits per heavy atom. The average Bonchev–Trinajstić information content (AvgIpc) is 2.84. The summed E-state index contributed by atoms with van der Waals surface area (Å²) in [6.07, 6.45) is 0. The largest absolute Gasteiger partial charge is 0.340 e. The van der Waals surface area contributed by atoms with Crippen molar-refractivity contribution in [2.24, 2.45) is 0 Å². The number of H-pyrrole nitrogens is 1. The van der Waals surface area contributed by atoms with Crippen molar-refractivity contribution < 1.29 is 0 Å². The van der Waals surface area contributed by atoms with Crippen LogP contribution in [0.2, 0.25) is 0 Å². The SMILES string of the molecule is Cc1cccc2[nH]c(C(Cl)c3ccccc3)nc12. The smallest absolute Gasteiger partial charge is 0.129 e. The molecular weight excluding hydrogens is 244 g/mol. The second kappa shape index (κ2) is 4.46. The van der Waals surface area contributed by atoms with E-state index < -0.39 is 0 Å². The van der Waals surface area contributed by atoms with Crippen LogP contribution in [0.5, 0.6) is 0 Å². The van der Waals surface area contributed by atoms with Crippen molar-refractivity contribution in [3.8, 4) is 0 Å². The molecule has 0 radical (unpaired) electrons. The number of alkyl halides is 1. The van der Waals surface area contributed by atoms with Crippen LogP contribution >= 0.6 is 11.6 Å². The Bertz CT molecular complexity index is 673. The van der Waals surface area contributed by atoms with Gasteiger partial charge in [-0.05, 0) is 24.1 Å². The highest BCUT2D eigenvalue weighted by Crippen LogP contribution is 2.28. The lowest BCUT2D eigenvalue weighted by Crippen LogP contribution is -1.95. The molecule has 0 saturated heterocycles. The summed E-state index contributed by atoms with van der Waals surface area (Å²) in [5.41, 5.74) is 4.24. The van der Waals surface area contributed by atoms with Gasteiger partial charge in [0.2, 0.25) is 0 Å². The maximum Gasteiger partial charge on any atom is 0.129 e. The molecule has 0 aliphatic rings. The standard InChI is InChI=1S/C15H13ClN2/c1-10-6-5-9-12-14(10)18-15(17-12)13(16)11-7-3-2-4-8-11/h2-9,13H,1H3,(H,17,18). The molecule has 0 fully saturated rings. The predicted octanol–water partition coefficient (Wildman–Crippen LogP) is 4.20. The Labute approximate surface area is 111 Å². The fraction of sp³-hybridized carbons (Fsp3) is 0.133. The number of halogens is 1. The number of aromatic nitrogens is 2. The van der Waals surface area contributed by atoms with Gasteiger partial charge in [-0.1, -0.05) is 42.5 Å². The quantitative estimate of drug-likeness (QED) is 0.684. The first kappa shape index (κ1) is 11.3. The number of nitrogens with one attached hydrogen (secondary N) is 1. The van der Waals surface area contributed by atoms with Gasteiger partial charge in [-0.25, -0.2) is 4.98 Å². The topological polar surface area (TPSA) is 28.7 Å². The normalized spacial score (nSPS) is 12.8. The van der Waals surface area contributed by atoms with E-state index in [0.29, 0.717) is 0 Å². The van der Waals surface area contributed by atoms with Crippen molar-refractivity contribution in [1.29, 1.82) is 0 Å². The molecule has 3 heteroatoms. The predicted molar refractivity (Wildman–Crippen MR) is 75.0 cm³/mol. The van der Waals surface area contributed by atoms with Gasteiger partial charge < -0.3 is 4.98 Å². The molecule has 0 aliphatic carbocycles. The van der Waals surface area contributed by atoms with Crippen LogP contribution in [0.3, 0.4) is 0 Å². The van der Waals surface area contributed by atoms with Crippen LogP contribution < -0.4 is 0 Å². The summed E-state index contributed by atoms with van der Waals surface area (Å²) in [6.45, 7) is 2.05. The monoisotopic (exact) mass is 256 g/mol. The number of para-hydroxylation sites is 1. The Morgan fingerprint density at radius 2 is 1.83 bits per heavy atom. The van der Waals surface area contributed by atoms with E-state index in [0.717, 1.165) is 28.0 Å². The van der Waals surface area contributed by atoms with E-state index in [9.17, 15) is 0 Å². The Morgan fingerprint density at radius 1 is 1.06 bits per heavy atom. The first-order valence-corrected chi connectivity index (χ1v) is 6.33. The van der Waals surface area contributed by atoms with Crippen molar-refractivity contribution in [1.82, 2.24) is 9.97 Å². The molecule has 0 bridgehead atoms. The van der Waals surface area contributed by atoms with Crippen molar-refractivity contribution in [2.45, 2.75) is 12.3 Å². The number of imidazole rings is 1. The molecule has 2 nitrogen and oxygen atoms in total. The maximum atomic E-state index is 6.46. The zero-order valence-electron chi connectivity index (χ0n) is 10.0. The number of hydrogen-bond donors (Lipinski definition) is 1. The van der Waals surface area contributed by atoms with Gasteiger partial charge in [0.1, 0.15) is 11.2 Å². The number of hydrogen-bond acceptors (Lipinski definition) is 1. The number of benzene rings is 2. The molecule has 3 rings (SSSR count). The van der Waals surface area contributed by atoms with E-state index in [1.54, 1.807) is 0 Å². The molecule has 1 unspecified atom stereocenters.